The third-order valence-corrected chi connectivity index (χ3v) is 2.24. The molecule has 0 aromatic carbocycles. The molecule has 1 saturated heterocycles. The van der Waals surface area contributed by atoms with Gasteiger partial charge >= 0.3 is 0 Å². The molecule has 1 aromatic rings. The Hall–Kier alpha value is -1.16. The molecule has 0 spiro atoms. The van der Waals surface area contributed by atoms with E-state index in [1.807, 2.05) is 0 Å². The van der Waals surface area contributed by atoms with Crippen molar-refractivity contribution in [2.75, 3.05) is 13.1 Å². The summed E-state index contributed by atoms with van der Waals surface area (Å²) >= 11 is 0. The van der Waals surface area contributed by atoms with Crippen molar-refractivity contribution < 1.29 is 9.13 Å². The van der Waals surface area contributed by atoms with Crippen molar-refractivity contribution in [3.05, 3.63) is 24.1 Å². The topological polar surface area (TPSA) is 34.1 Å². The highest BCUT2D eigenvalue weighted by Gasteiger charge is 2.14. The van der Waals surface area contributed by atoms with Crippen LogP contribution in [0.1, 0.15) is 12.8 Å². The van der Waals surface area contributed by atoms with Gasteiger partial charge in [0.05, 0.1) is 6.20 Å². The summed E-state index contributed by atoms with van der Waals surface area (Å²) in [4.78, 5) is 3.85. The highest BCUT2D eigenvalue weighted by molar-refractivity contribution is 5.11. The summed E-state index contributed by atoms with van der Waals surface area (Å²) in [7, 11) is 0. The molecule has 76 valence electrons. The summed E-state index contributed by atoms with van der Waals surface area (Å²) in [5.74, 6) is 0.166. The molecular formula is C10H13FN2O. The van der Waals surface area contributed by atoms with Gasteiger partial charge in [0.15, 0.2) is 0 Å². The average Bonchev–Trinajstić information content (AvgIpc) is 2.23. The van der Waals surface area contributed by atoms with Crippen LogP contribution in [0.15, 0.2) is 18.3 Å². The number of pyridine rings is 1. The largest absolute Gasteiger partial charge is 0.473 e. The van der Waals surface area contributed by atoms with Gasteiger partial charge in [-0.2, -0.15) is 0 Å². The lowest BCUT2D eigenvalue weighted by atomic mass is 10.1. The predicted octanol–water partition coefficient (Wildman–Crippen LogP) is 1.35. The van der Waals surface area contributed by atoms with Crippen LogP contribution >= 0.6 is 0 Å². The Morgan fingerprint density at radius 3 is 3.07 bits per heavy atom. The van der Waals surface area contributed by atoms with Crippen LogP contribution in [-0.4, -0.2) is 24.2 Å². The van der Waals surface area contributed by atoms with Crippen LogP contribution in [0.5, 0.6) is 5.88 Å². The van der Waals surface area contributed by atoms with E-state index in [1.54, 1.807) is 6.07 Å². The molecule has 2 rings (SSSR count). The number of nitrogens with zero attached hydrogens (tertiary/aromatic N) is 1. The number of piperidine rings is 1. The second kappa shape index (κ2) is 4.37. The van der Waals surface area contributed by atoms with Gasteiger partial charge in [-0.05, 0) is 25.5 Å². The van der Waals surface area contributed by atoms with E-state index in [9.17, 15) is 4.39 Å². The van der Waals surface area contributed by atoms with Crippen LogP contribution in [0.4, 0.5) is 4.39 Å². The van der Waals surface area contributed by atoms with E-state index in [-0.39, 0.29) is 11.9 Å². The first-order valence-electron chi connectivity index (χ1n) is 4.83. The molecule has 14 heavy (non-hydrogen) atoms. The second-order valence-electron chi connectivity index (χ2n) is 3.40. The van der Waals surface area contributed by atoms with Crippen molar-refractivity contribution >= 4 is 0 Å². The molecular weight excluding hydrogens is 183 g/mol. The maximum absolute atomic E-state index is 12.5. The second-order valence-corrected chi connectivity index (χ2v) is 3.40. The molecule has 4 heteroatoms. The number of rotatable bonds is 2. The molecule has 2 heterocycles. The van der Waals surface area contributed by atoms with Crippen LogP contribution in [-0.2, 0) is 0 Å². The van der Waals surface area contributed by atoms with Gasteiger partial charge in [0.1, 0.15) is 11.9 Å². The Kier molecular flexibility index (Phi) is 2.93. The van der Waals surface area contributed by atoms with E-state index >= 15 is 0 Å². The highest BCUT2D eigenvalue weighted by Crippen LogP contribution is 2.12. The van der Waals surface area contributed by atoms with Gasteiger partial charge in [0, 0.05) is 12.6 Å². The fourth-order valence-corrected chi connectivity index (χ4v) is 1.52. The van der Waals surface area contributed by atoms with Crippen LogP contribution < -0.4 is 10.1 Å². The van der Waals surface area contributed by atoms with Gasteiger partial charge in [-0.1, -0.05) is 0 Å². The highest BCUT2D eigenvalue weighted by atomic mass is 19.1. The van der Waals surface area contributed by atoms with Crippen LogP contribution in [0.2, 0.25) is 0 Å². The third kappa shape index (κ3) is 2.42. The summed E-state index contributed by atoms with van der Waals surface area (Å²) in [6.07, 6.45) is 3.49. The number of hydrogen-bond acceptors (Lipinski definition) is 3. The van der Waals surface area contributed by atoms with Crippen LogP contribution in [0, 0.1) is 5.82 Å². The van der Waals surface area contributed by atoms with E-state index < -0.39 is 0 Å². The zero-order valence-corrected chi connectivity index (χ0v) is 7.87. The van der Waals surface area contributed by atoms with Crippen molar-refractivity contribution in [3.63, 3.8) is 0 Å². The zero-order chi connectivity index (χ0) is 9.80. The molecule has 0 amide bonds. The molecule has 1 aliphatic heterocycles. The number of hydrogen-bond donors (Lipinski definition) is 1. The lowest BCUT2D eigenvalue weighted by Gasteiger charge is -2.23. The number of aromatic nitrogens is 1. The molecule has 1 fully saturated rings. The fourth-order valence-electron chi connectivity index (χ4n) is 1.52. The maximum Gasteiger partial charge on any atom is 0.213 e. The first kappa shape index (κ1) is 9.40. The van der Waals surface area contributed by atoms with Crippen molar-refractivity contribution in [2.24, 2.45) is 0 Å². The Balaban J connectivity index is 1.92. The van der Waals surface area contributed by atoms with E-state index in [1.165, 1.54) is 12.3 Å². The number of nitrogens with one attached hydrogen (secondary N) is 1. The third-order valence-electron chi connectivity index (χ3n) is 2.24. The summed E-state index contributed by atoms with van der Waals surface area (Å²) < 4.78 is 18.1. The molecule has 0 aliphatic carbocycles. The van der Waals surface area contributed by atoms with E-state index in [2.05, 4.69) is 10.3 Å². The van der Waals surface area contributed by atoms with Crippen molar-refractivity contribution in [2.45, 2.75) is 18.9 Å². The Bertz CT molecular complexity index is 283. The summed E-state index contributed by atoms with van der Waals surface area (Å²) in [6, 6.07) is 2.92. The minimum Gasteiger partial charge on any atom is -0.473 e. The summed E-state index contributed by atoms with van der Waals surface area (Å²) in [5, 5.41) is 3.24. The quantitative estimate of drug-likeness (QED) is 0.775. The monoisotopic (exact) mass is 196 g/mol. The van der Waals surface area contributed by atoms with Crippen molar-refractivity contribution in [1.29, 1.82) is 0 Å². The average molecular weight is 196 g/mol. The Morgan fingerprint density at radius 1 is 1.50 bits per heavy atom. The summed E-state index contributed by atoms with van der Waals surface area (Å²) in [6.45, 7) is 1.90. The van der Waals surface area contributed by atoms with Gasteiger partial charge in [0.25, 0.3) is 0 Å². The van der Waals surface area contributed by atoms with Gasteiger partial charge < -0.3 is 10.1 Å². The molecule has 1 aromatic heterocycles. The lowest BCUT2D eigenvalue weighted by molar-refractivity contribution is 0.160. The summed E-state index contributed by atoms with van der Waals surface area (Å²) in [5.41, 5.74) is 0. The van der Waals surface area contributed by atoms with E-state index in [0.29, 0.717) is 5.88 Å². The number of ether oxygens (including phenoxy) is 1. The molecule has 0 saturated carbocycles. The van der Waals surface area contributed by atoms with Crippen molar-refractivity contribution in [1.82, 2.24) is 10.3 Å². The van der Waals surface area contributed by atoms with Crippen LogP contribution in [0.25, 0.3) is 0 Å². The minimum absolute atomic E-state index is 0.168. The van der Waals surface area contributed by atoms with Gasteiger partial charge in [-0.15, -0.1) is 0 Å². The minimum atomic E-state index is -0.334. The first-order valence-corrected chi connectivity index (χ1v) is 4.83. The standard InChI is InChI=1S/C10H13FN2O/c11-8-3-4-10(13-6-8)14-9-2-1-5-12-7-9/h3-4,6,9,12H,1-2,5,7H2/t9-/m0/s1. The van der Waals surface area contributed by atoms with Crippen molar-refractivity contribution in [3.8, 4) is 5.88 Å². The van der Waals surface area contributed by atoms with E-state index in [0.717, 1.165) is 25.9 Å². The first-order chi connectivity index (χ1) is 6.84. The lowest BCUT2D eigenvalue weighted by Crippen LogP contribution is -2.37. The molecule has 1 atom stereocenters. The SMILES string of the molecule is Fc1ccc(O[C@H]2CCCNC2)nc1. The Labute approximate surface area is 82.3 Å². The Morgan fingerprint density at radius 2 is 2.43 bits per heavy atom. The predicted molar refractivity (Wildman–Crippen MR) is 50.7 cm³/mol. The van der Waals surface area contributed by atoms with Crippen LogP contribution in [0.3, 0.4) is 0 Å². The fraction of sp³-hybridized carbons (Fsp3) is 0.500. The van der Waals surface area contributed by atoms with Gasteiger partial charge in [-0.25, -0.2) is 9.37 Å². The number of halogens is 1. The van der Waals surface area contributed by atoms with Gasteiger partial charge in [-0.3, -0.25) is 0 Å². The molecule has 0 bridgehead atoms. The zero-order valence-electron chi connectivity index (χ0n) is 7.87. The molecule has 0 unspecified atom stereocenters. The molecule has 3 nitrogen and oxygen atoms in total. The van der Waals surface area contributed by atoms with Gasteiger partial charge in [0.2, 0.25) is 5.88 Å². The molecule has 1 N–H and O–H groups in total. The van der Waals surface area contributed by atoms with E-state index in [4.69, 9.17) is 4.74 Å². The molecule has 0 radical (unpaired) electrons. The smallest absolute Gasteiger partial charge is 0.213 e. The molecule has 1 aliphatic rings. The maximum atomic E-state index is 12.5. The normalized spacial score (nSPS) is 21.9.